The van der Waals surface area contributed by atoms with E-state index in [9.17, 15) is 4.79 Å². The summed E-state index contributed by atoms with van der Waals surface area (Å²) in [5.74, 6) is 1.30. The van der Waals surface area contributed by atoms with E-state index < -0.39 is 0 Å². The summed E-state index contributed by atoms with van der Waals surface area (Å²) in [7, 11) is 0. The molecule has 0 bridgehead atoms. The summed E-state index contributed by atoms with van der Waals surface area (Å²) >= 11 is 0. The van der Waals surface area contributed by atoms with Crippen molar-refractivity contribution in [3.8, 4) is 28.8 Å². The number of ether oxygens (including phenoxy) is 2. The number of H-pyrrole nitrogens is 1. The number of hydrogen-bond donors (Lipinski definition) is 1. The van der Waals surface area contributed by atoms with Crippen LogP contribution >= 0.6 is 0 Å². The predicted octanol–water partition coefficient (Wildman–Crippen LogP) is 1.33. The number of nitrogens with zero attached hydrogens (tertiary/aromatic N) is 3. The summed E-state index contributed by atoms with van der Waals surface area (Å²) in [5.41, 5.74) is 1.56. The number of fused-ring (bicyclic) bond motifs is 2. The van der Waals surface area contributed by atoms with E-state index in [1.165, 1.54) is 16.8 Å². The van der Waals surface area contributed by atoms with Gasteiger partial charge in [-0.05, 0) is 18.2 Å². The molecule has 2 aromatic heterocycles. The third-order valence-corrected chi connectivity index (χ3v) is 3.46. The highest BCUT2D eigenvalue weighted by molar-refractivity contribution is 5.67. The number of nitrogens with one attached hydrogen (secondary N) is 1. The van der Waals surface area contributed by atoms with E-state index in [0.29, 0.717) is 41.6 Å². The van der Waals surface area contributed by atoms with E-state index >= 15 is 0 Å². The molecule has 0 radical (unpaired) electrons. The first-order valence-electron chi connectivity index (χ1n) is 6.67. The Morgan fingerprint density at radius 1 is 1.23 bits per heavy atom. The molecule has 4 rings (SSSR count). The lowest BCUT2D eigenvalue weighted by molar-refractivity contribution is 0.171. The van der Waals surface area contributed by atoms with Crippen molar-refractivity contribution in [3.05, 3.63) is 46.4 Å². The highest BCUT2D eigenvalue weighted by Crippen LogP contribution is 2.33. The molecule has 1 N–H and O–H groups in total. The highest BCUT2D eigenvalue weighted by Gasteiger charge is 2.15. The van der Waals surface area contributed by atoms with Crippen molar-refractivity contribution in [3.63, 3.8) is 0 Å². The van der Waals surface area contributed by atoms with E-state index in [-0.39, 0.29) is 5.56 Å². The zero-order valence-corrected chi connectivity index (χ0v) is 11.4. The quantitative estimate of drug-likeness (QED) is 0.731. The van der Waals surface area contributed by atoms with Gasteiger partial charge in [0.05, 0.1) is 5.69 Å². The Morgan fingerprint density at radius 3 is 2.86 bits per heavy atom. The summed E-state index contributed by atoms with van der Waals surface area (Å²) in [5, 5.41) is 11.8. The highest BCUT2D eigenvalue weighted by atomic mass is 16.6. The standard InChI is InChI=1S/C15H10N4O3/c16-7-10-8-17-19-14(20)6-11(18-15(10)19)9-1-2-12-13(5-9)22-4-3-21-12/h1-2,5-6,8,17H,3-4H2. The van der Waals surface area contributed by atoms with Crippen LogP contribution in [0.15, 0.2) is 35.3 Å². The van der Waals surface area contributed by atoms with Gasteiger partial charge in [-0.15, -0.1) is 0 Å². The van der Waals surface area contributed by atoms with Gasteiger partial charge in [0.1, 0.15) is 24.8 Å². The van der Waals surface area contributed by atoms with Crippen LogP contribution < -0.4 is 15.0 Å². The van der Waals surface area contributed by atoms with E-state index in [0.717, 1.165) is 5.56 Å². The maximum atomic E-state index is 12.1. The van der Waals surface area contributed by atoms with Crippen LogP contribution in [0.25, 0.3) is 16.9 Å². The number of aromatic amines is 1. The van der Waals surface area contributed by atoms with Crippen LogP contribution in [0, 0.1) is 11.3 Å². The minimum atomic E-state index is -0.281. The third-order valence-electron chi connectivity index (χ3n) is 3.46. The van der Waals surface area contributed by atoms with Gasteiger partial charge in [0.25, 0.3) is 5.56 Å². The van der Waals surface area contributed by atoms with Crippen LogP contribution in [0.5, 0.6) is 11.5 Å². The number of aromatic nitrogens is 3. The first-order chi connectivity index (χ1) is 10.8. The van der Waals surface area contributed by atoms with E-state index in [1.54, 1.807) is 12.1 Å². The second kappa shape index (κ2) is 4.63. The van der Waals surface area contributed by atoms with Crippen molar-refractivity contribution in [1.82, 2.24) is 14.6 Å². The monoisotopic (exact) mass is 294 g/mol. The number of benzene rings is 1. The number of nitriles is 1. The van der Waals surface area contributed by atoms with Gasteiger partial charge in [-0.2, -0.15) is 5.26 Å². The van der Waals surface area contributed by atoms with Crippen molar-refractivity contribution >= 4 is 5.65 Å². The maximum Gasteiger partial charge on any atom is 0.273 e. The normalized spacial score (nSPS) is 13.0. The minimum Gasteiger partial charge on any atom is -0.486 e. The van der Waals surface area contributed by atoms with Crippen LogP contribution in [0.2, 0.25) is 0 Å². The zero-order valence-electron chi connectivity index (χ0n) is 11.4. The molecule has 7 heteroatoms. The Bertz CT molecular complexity index is 981. The molecule has 1 aliphatic rings. The largest absolute Gasteiger partial charge is 0.486 e. The molecule has 0 unspecified atom stereocenters. The van der Waals surface area contributed by atoms with Gasteiger partial charge in [0.2, 0.25) is 0 Å². The van der Waals surface area contributed by atoms with Gasteiger partial charge in [-0.1, -0.05) is 0 Å². The fourth-order valence-electron chi connectivity index (χ4n) is 2.41. The lowest BCUT2D eigenvalue weighted by Gasteiger charge is -2.18. The van der Waals surface area contributed by atoms with Gasteiger partial charge in [0, 0.05) is 17.8 Å². The summed E-state index contributed by atoms with van der Waals surface area (Å²) in [6.45, 7) is 1.01. The molecule has 0 saturated heterocycles. The van der Waals surface area contributed by atoms with Gasteiger partial charge < -0.3 is 9.47 Å². The van der Waals surface area contributed by atoms with Gasteiger partial charge in [-0.3, -0.25) is 9.89 Å². The molecule has 7 nitrogen and oxygen atoms in total. The smallest absolute Gasteiger partial charge is 0.273 e. The minimum absolute atomic E-state index is 0.281. The molecule has 0 spiro atoms. The molecule has 3 heterocycles. The van der Waals surface area contributed by atoms with Crippen LogP contribution in [-0.4, -0.2) is 27.8 Å². The molecule has 1 aromatic carbocycles. The molecule has 0 fully saturated rings. The van der Waals surface area contributed by atoms with E-state index in [1.807, 2.05) is 12.1 Å². The Balaban J connectivity index is 1.91. The van der Waals surface area contributed by atoms with Crippen molar-refractivity contribution in [2.24, 2.45) is 0 Å². The van der Waals surface area contributed by atoms with Crippen LogP contribution in [-0.2, 0) is 0 Å². The van der Waals surface area contributed by atoms with Crippen molar-refractivity contribution in [2.75, 3.05) is 13.2 Å². The Morgan fingerprint density at radius 2 is 2.05 bits per heavy atom. The van der Waals surface area contributed by atoms with Crippen LogP contribution in [0.4, 0.5) is 0 Å². The molecular weight excluding hydrogens is 284 g/mol. The second-order valence-corrected chi connectivity index (χ2v) is 4.80. The first kappa shape index (κ1) is 12.5. The average molecular weight is 294 g/mol. The lowest BCUT2D eigenvalue weighted by Crippen LogP contribution is -2.16. The third kappa shape index (κ3) is 1.82. The van der Waals surface area contributed by atoms with Crippen LogP contribution in [0.1, 0.15) is 5.56 Å². The fraction of sp³-hybridized carbons (Fsp3) is 0.133. The summed E-state index contributed by atoms with van der Waals surface area (Å²) in [6.07, 6.45) is 1.46. The van der Waals surface area contributed by atoms with Gasteiger partial charge in [0.15, 0.2) is 17.1 Å². The molecule has 0 atom stereocenters. The molecule has 0 amide bonds. The molecule has 108 valence electrons. The molecule has 3 aromatic rings. The van der Waals surface area contributed by atoms with Crippen molar-refractivity contribution < 1.29 is 9.47 Å². The van der Waals surface area contributed by atoms with E-state index in [4.69, 9.17) is 14.7 Å². The SMILES string of the molecule is N#Cc1c[nH]n2c(=O)cc(-c3ccc4c(c3)OCCO4)nc12. The van der Waals surface area contributed by atoms with Gasteiger partial charge in [-0.25, -0.2) is 9.50 Å². The summed E-state index contributed by atoms with van der Waals surface area (Å²) in [6, 6.07) is 8.80. The van der Waals surface area contributed by atoms with Gasteiger partial charge >= 0.3 is 0 Å². The first-order valence-corrected chi connectivity index (χ1v) is 6.67. The lowest BCUT2D eigenvalue weighted by atomic mass is 10.1. The van der Waals surface area contributed by atoms with Crippen molar-refractivity contribution in [2.45, 2.75) is 0 Å². The van der Waals surface area contributed by atoms with Crippen molar-refractivity contribution in [1.29, 1.82) is 5.26 Å². The second-order valence-electron chi connectivity index (χ2n) is 4.80. The summed E-state index contributed by atoms with van der Waals surface area (Å²) < 4.78 is 12.2. The predicted molar refractivity (Wildman–Crippen MR) is 77.0 cm³/mol. The number of hydrogen-bond acceptors (Lipinski definition) is 5. The topological polar surface area (TPSA) is 92.4 Å². The fourth-order valence-corrected chi connectivity index (χ4v) is 2.41. The molecule has 1 aliphatic heterocycles. The Hall–Kier alpha value is -3.27. The number of rotatable bonds is 1. The average Bonchev–Trinajstić information content (AvgIpc) is 2.98. The Labute approximate surface area is 124 Å². The summed E-state index contributed by atoms with van der Waals surface area (Å²) in [4.78, 5) is 16.5. The maximum absolute atomic E-state index is 12.1. The van der Waals surface area contributed by atoms with E-state index in [2.05, 4.69) is 10.1 Å². The Kier molecular flexibility index (Phi) is 2.63. The molecule has 0 aliphatic carbocycles. The zero-order chi connectivity index (χ0) is 15.1. The molecule has 0 saturated carbocycles. The molecule has 22 heavy (non-hydrogen) atoms. The molecular formula is C15H10N4O3. The van der Waals surface area contributed by atoms with Crippen LogP contribution in [0.3, 0.4) is 0 Å².